The van der Waals surface area contributed by atoms with Gasteiger partial charge in [-0.25, -0.2) is 0 Å². The second-order valence-electron chi connectivity index (χ2n) is 7.05. The van der Waals surface area contributed by atoms with Gasteiger partial charge in [-0.05, 0) is 32.8 Å². The third-order valence-corrected chi connectivity index (χ3v) is 5.19. The highest BCUT2D eigenvalue weighted by molar-refractivity contribution is 5.93. The smallest absolute Gasteiger partial charge is 0.269 e. The van der Waals surface area contributed by atoms with Gasteiger partial charge in [0.1, 0.15) is 5.69 Å². The van der Waals surface area contributed by atoms with Crippen LogP contribution in [-0.2, 0) is 11.3 Å². The Bertz CT molecular complexity index is 602. The first-order valence-electron chi connectivity index (χ1n) is 9.23. The first-order chi connectivity index (χ1) is 11.6. The maximum atomic E-state index is 12.5. The fourth-order valence-electron chi connectivity index (χ4n) is 3.98. The van der Waals surface area contributed by atoms with Gasteiger partial charge in [-0.1, -0.05) is 25.7 Å². The van der Waals surface area contributed by atoms with Crippen molar-refractivity contribution in [1.29, 1.82) is 0 Å². The number of aryl methyl sites for hydroxylation is 2. The van der Waals surface area contributed by atoms with Gasteiger partial charge in [0.2, 0.25) is 5.91 Å². The molecule has 6 nitrogen and oxygen atoms in total. The molecular formula is C18H28N4O2. The molecular weight excluding hydrogens is 304 g/mol. The van der Waals surface area contributed by atoms with Crippen LogP contribution in [0.15, 0.2) is 6.07 Å². The van der Waals surface area contributed by atoms with E-state index in [0.29, 0.717) is 31.2 Å². The quantitative estimate of drug-likeness (QED) is 0.860. The van der Waals surface area contributed by atoms with Crippen LogP contribution >= 0.6 is 0 Å². The first kappa shape index (κ1) is 17.0. The van der Waals surface area contributed by atoms with Gasteiger partial charge in [-0.15, -0.1) is 0 Å². The summed E-state index contributed by atoms with van der Waals surface area (Å²) in [5.41, 5.74) is 1.42. The Hall–Kier alpha value is -1.85. The fourth-order valence-corrected chi connectivity index (χ4v) is 3.98. The van der Waals surface area contributed by atoms with Crippen molar-refractivity contribution >= 4 is 11.8 Å². The summed E-state index contributed by atoms with van der Waals surface area (Å²) in [6.07, 6.45) is 7.60. The van der Waals surface area contributed by atoms with Crippen molar-refractivity contribution in [3.05, 3.63) is 17.5 Å². The largest absolute Gasteiger partial charge is 0.346 e. The van der Waals surface area contributed by atoms with Gasteiger partial charge in [0.15, 0.2) is 0 Å². The molecule has 2 fully saturated rings. The Morgan fingerprint density at radius 1 is 1.29 bits per heavy atom. The van der Waals surface area contributed by atoms with E-state index in [1.165, 1.54) is 25.7 Å². The average Bonchev–Trinajstić information content (AvgIpc) is 2.99. The molecule has 0 spiro atoms. The predicted molar refractivity (Wildman–Crippen MR) is 91.7 cm³/mol. The highest BCUT2D eigenvalue weighted by Gasteiger charge is 2.35. The first-order valence-corrected chi connectivity index (χ1v) is 9.23. The Morgan fingerprint density at radius 3 is 2.67 bits per heavy atom. The predicted octanol–water partition coefficient (Wildman–Crippen LogP) is 2.26. The summed E-state index contributed by atoms with van der Waals surface area (Å²) in [4.78, 5) is 26.9. The summed E-state index contributed by atoms with van der Waals surface area (Å²) < 4.78 is 1.71. The van der Waals surface area contributed by atoms with E-state index in [9.17, 15) is 9.59 Å². The van der Waals surface area contributed by atoms with Gasteiger partial charge in [0.05, 0.1) is 11.7 Å². The van der Waals surface area contributed by atoms with Crippen molar-refractivity contribution in [2.24, 2.45) is 0 Å². The minimum Gasteiger partial charge on any atom is -0.346 e. The van der Waals surface area contributed by atoms with Crippen molar-refractivity contribution in [2.75, 3.05) is 6.54 Å². The molecule has 1 saturated carbocycles. The normalized spacial score (nSPS) is 22.7. The van der Waals surface area contributed by atoms with E-state index in [1.807, 2.05) is 18.7 Å². The van der Waals surface area contributed by atoms with Gasteiger partial charge in [-0.3, -0.25) is 14.3 Å². The zero-order valence-corrected chi connectivity index (χ0v) is 14.8. The van der Waals surface area contributed by atoms with Crippen LogP contribution in [0.5, 0.6) is 0 Å². The summed E-state index contributed by atoms with van der Waals surface area (Å²) in [6, 6.07) is 2.08. The van der Waals surface area contributed by atoms with E-state index in [0.717, 1.165) is 18.5 Å². The topological polar surface area (TPSA) is 67.2 Å². The van der Waals surface area contributed by atoms with Crippen LogP contribution in [0.4, 0.5) is 0 Å². The third-order valence-electron chi connectivity index (χ3n) is 5.19. The van der Waals surface area contributed by atoms with Gasteiger partial charge in [0, 0.05) is 25.6 Å². The SMILES string of the molecule is CCn1nc(C)cc1C(=O)N[C@H]1CC(=O)N(C2CCCCCC2)C1. The number of hydrogen-bond acceptors (Lipinski definition) is 3. The molecule has 0 aromatic carbocycles. The molecule has 1 aromatic rings. The van der Waals surface area contributed by atoms with E-state index in [-0.39, 0.29) is 17.9 Å². The zero-order chi connectivity index (χ0) is 17.1. The van der Waals surface area contributed by atoms with E-state index in [2.05, 4.69) is 10.4 Å². The van der Waals surface area contributed by atoms with Crippen LogP contribution in [0.1, 0.15) is 68.1 Å². The standard InChI is InChI=1S/C18H28N4O2/c1-3-22-16(10-13(2)20-22)18(24)19-14-11-17(23)21(12-14)15-8-6-4-5-7-9-15/h10,14-15H,3-9,11-12H2,1-2H3,(H,19,24)/t14-/m0/s1. The lowest BCUT2D eigenvalue weighted by atomic mass is 10.1. The fraction of sp³-hybridized carbons (Fsp3) is 0.722. The van der Waals surface area contributed by atoms with Crippen molar-refractivity contribution in [3.8, 4) is 0 Å². The lowest BCUT2D eigenvalue weighted by molar-refractivity contribution is -0.129. The maximum absolute atomic E-state index is 12.5. The number of nitrogens with one attached hydrogen (secondary N) is 1. The van der Waals surface area contributed by atoms with Crippen LogP contribution < -0.4 is 5.32 Å². The van der Waals surface area contributed by atoms with Crippen LogP contribution in [-0.4, -0.2) is 45.1 Å². The lowest BCUT2D eigenvalue weighted by Gasteiger charge is -2.27. The molecule has 6 heteroatoms. The van der Waals surface area contributed by atoms with E-state index in [1.54, 1.807) is 10.7 Å². The second-order valence-corrected chi connectivity index (χ2v) is 7.05. The molecule has 2 aliphatic rings. The molecule has 0 radical (unpaired) electrons. The molecule has 0 unspecified atom stereocenters. The summed E-state index contributed by atoms with van der Waals surface area (Å²) in [7, 11) is 0. The van der Waals surface area contributed by atoms with Crippen molar-refractivity contribution in [1.82, 2.24) is 20.0 Å². The summed E-state index contributed by atoms with van der Waals surface area (Å²) in [5, 5.41) is 7.35. The number of amides is 2. The molecule has 0 bridgehead atoms. The maximum Gasteiger partial charge on any atom is 0.269 e. The second kappa shape index (κ2) is 7.36. The number of hydrogen-bond donors (Lipinski definition) is 1. The van der Waals surface area contributed by atoms with Crippen LogP contribution in [0.2, 0.25) is 0 Å². The molecule has 1 atom stereocenters. The summed E-state index contributed by atoms with van der Waals surface area (Å²) in [5.74, 6) is 0.0605. The monoisotopic (exact) mass is 332 g/mol. The van der Waals surface area contributed by atoms with Crippen molar-refractivity contribution in [3.63, 3.8) is 0 Å². The van der Waals surface area contributed by atoms with Gasteiger partial charge in [0.25, 0.3) is 5.91 Å². The van der Waals surface area contributed by atoms with Gasteiger partial charge < -0.3 is 10.2 Å². The summed E-state index contributed by atoms with van der Waals surface area (Å²) in [6.45, 7) is 5.16. The van der Waals surface area contributed by atoms with Gasteiger partial charge >= 0.3 is 0 Å². The van der Waals surface area contributed by atoms with Crippen molar-refractivity contribution in [2.45, 2.75) is 77.4 Å². The third kappa shape index (κ3) is 3.62. The number of rotatable bonds is 4. The Morgan fingerprint density at radius 2 is 2.00 bits per heavy atom. The van der Waals surface area contributed by atoms with Crippen molar-refractivity contribution < 1.29 is 9.59 Å². The lowest BCUT2D eigenvalue weighted by Crippen LogP contribution is -2.41. The average molecular weight is 332 g/mol. The number of nitrogens with zero attached hydrogens (tertiary/aromatic N) is 3. The minimum atomic E-state index is -0.127. The van der Waals surface area contributed by atoms with Crippen LogP contribution in [0, 0.1) is 6.92 Å². The van der Waals surface area contributed by atoms with E-state index < -0.39 is 0 Å². The summed E-state index contributed by atoms with van der Waals surface area (Å²) >= 11 is 0. The molecule has 1 aliphatic heterocycles. The highest BCUT2D eigenvalue weighted by Crippen LogP contribution is 2.26. The Kier molecular flexibility index (Phi) is 5.21. The molecule has 24 heavy (non-hydrogen) atoms. The number of likely N-dealkylation sites (tertiary alicyclic amines) is 1. The molecule has 1 saturated heterocycles. The molecule has 132 valence electrons. The molecule has 2 amide bonds. The Balaban J connectivity index is 1.62. The van der Waals surface area contributed by atoms with E-state index in [4.69, 9.17) is 0 Å². The molecule has 1 aromatic heterocycles. The van der Waals surface area contributed by atoms with Gasteiger partial charge in [-0.2, -0.15) is 5.10 Å². The van der Waals surface area contributed by atoms with Crippen LogP contribution in [0.25, 0.3) is 0 Å². The van der Waals surface area contributed by atoms with Crippen LogP contribution in [0.3, 0.4) is 0 Å². The number of carbonyl (C=O) groups excluding carboxylic acids is 2. The molecule has 2 heterocycles. The zero-order valence-electron chi connectivity index (χ0n) is 14.8. The minimum absolute atomic E-state index is 0.0891. The molecule has 1 aliphatic carbocycles. The highest BCUT2D eigenvalue weighted by atomic mass is 16.2. The number of carbonyl (C=O) groups is 2. The van der Waals surface area contributed by atoms with E-state index >= 15 is 0 Å². The Labute approximate surface area is 143 Å². The molecule has 1 N–H and O–H groups in total. The number of aromatic nitrogens is 2. The molecule has 3 rings (SSSR count).